The Bertz CT molecular complexity index is 727. The number of carbonyl (C=O) groups is 3. The fraction of sp³-hybridized carbons (Fsp3) is 0.706. The third-order valence-corrected chi connectivity index (χ3v) is 6.78. The van der Waals surface area contributed by atoms with Gasteiger partial charge in [-0.15, -0.1) is 16.7 Å². The number of hydrogen-bond acceptors (Lipinski definition) is 8. The summed E-state index contributed by atoms with van der Waals surface area (Å²) in [5.74, 6) is -4.43. The fourth-order valence-corrected chi connectivity index (χ4v) is 5.30. The highest BCUT2D eigenvalue weighted by Gasteiger charge is 2.46. The molecule has 0 aromatic carbocycles. The minimum atomic E-state index is -1.24. The zero-order chi connectivity index (χ0) is 22.0. The van der Waals surface area contributed by atoms with Crippen molar-refractivity contribution in [3.63, 3.8) is 0 Å². The zero-order valence-corrected chi connectivity index (χ0v) is 17.4. The molecule has 0 saturated carbocycles. The van der Waals surface area contributed by atoms with Crippen molar-refractivity contribution < 1.29 is 29.7 Å². The first-order chi connectivity index (χ1) is 13.5. The van der Waals surface area contributed by atoms with Gasteiger partial charge in [-0.05, 0) is 13.3 Å². The number of thioether (sulfide) groups is 1. The first kappa shape index (κ1) is 22.9. The maximum absolute atomic E-state index is 12.3. The number of aliphatic carboxylic acids is 2. The van der Waals surface area contributed by atoms with Gasteiger partial charge in [-0.25, -0.2) is 9.80 Å². The average molecular weight is 430 g/mol. The van der Waals surface area contributed by atoms with E-state index in [0.29, 0.717) is 11.3 Å². The highest BCUT2D eigenvalue weighted by molar-refractivity contribution is 8.03. The predicted molar refractivity (Wildman–Crippen MR) is 105 cm³/mol. The van der Waals surface area contributed by atoms with Crippen LogP contribution in [0.1, 0.15) is 20.3 Å². The zero-order valence-electron chi connectivity index (χ0n) is 16.6. The first-order valence-corrected chi connectivity index (χ1v) is 10.00. The Balaban J connectivity index is 2.24. The van der Waals surface area contributed by atoms with E-state index in [4.69, 9.17) is 0 Å². The SMILES string of the molecule is C[C@@H](O)C(C(=O)O)[C@@H]1NC(C(=O)O)=C(S[C@H]2C[C@@H](C(=O)N(C)C)N(N=O)C2)[C@@H]1C. The van der Waals surface area contributed by atoms with Gasteiger partial charge in [0.25, 0.3) is 0 Å². The number of aliphatic hydroxyl groups excluding tert-OH is 1. The summed E-state index contributed by atoms with van der Waals surface area (Å²) in [6.07, 6.45) is -0.880. The number of nitrogens with zero attached hydrogens (tertiary/aromatic N) is 3. The number of amides is 1. The largest absolute Gasteiger partial charge is 0.481 e. The van der Waals surface area contributed by atoms with Crippen LogP contribution in [0.3, 0.4) is 0 Å². The van der Waals surface area contributed by atoms with Gasteiger partial charge in [0.2, 0.25) is 5.91 Å². The minimum absolute atomic E-state index is 0.118. The van der Waals surface area contributed by atoms with Gasteiger partial charge in [-0.3, -0.25) is 9.59 Å². The predicted octanol–water partition coefficient (Wildman–Crippen LogP) is -0.0822. The molecule has 0 bridgehead atoms. The second-order valence-electron chi connectivity index (χ2n) is 7.54. The number of likely N-dealkylation sites (N-methyl/N-ethyl adjacent to an activating group) is 1. The van der Waals surface area contributed by atoms with Crippen molar-refractivity contribution >= 4 is 29.6 Å². The standard InChI is InChI=1S/C17H26N4O7S/c1-7-12(11(8(2)22)16(24)25)18-13(17(26)27)14(7)29-9-5-10(15(23)20(3)4)21(6-9)19-28/h7-12,18,22H,5-6H2,1-4H3,(H,24,25)(H,26,27)/t7-,8-,9+,10+,11?,12-/m1/s1. The molecule has 1 unspecified atom stereocenters. The number of nitrogens with one attached hydrogen (secondary N) is 1. The van der Waals surface area contributed by atoms with Crippen LogP contribution in [0.25, 0.3) is 0 Å². The van der Waals surface area contributed by atoms with Crippen molar-refractivity contribution in [1.29, 1.82) is 0 Å². The van der Waals surface area contributed by atoms with Crippen molar-refractivity contribution in [2.75, 3.05) is 20.6 Å². The molecule has 29 heavy (non-hydrogen) atoms. The number of aliphatic hydroxyl groups is 1. The van der Waals surface area contributed by atoms with E-state index in [2.05, 4.69) is 10.6 Å². The Labute approximate surface area is 172 Å². The van der Waals surface area contributed by atoms with Crippen LogP contribution in [0.2, 0.25) is 0 Å². The summed E-state index contributed by atoms with van der Waals surface area (Å²) in [6.45, 7) is 3.22. The number of hydrogen-bond donors (Lipinski definition) is 4. The number of carbonyl (C=O) groups excluding carboxylic acids is 1. The molecule has 2 aliphatic heterocycles. The molecule has 2 heterocycles. The van der Waals surface area contributed by atoms with E-state index >= 15 is 0 Å². The average Bonchev–Trinajstić information content (AvgIpc) is 3.16. The van der Waals surface area contributed by atoms with Crippen LogP contribution < -0.4 is 5.32 Å². The van der Waals surface area contributed by atoms with Gasteiger partial charge < -0.3 is 25.5 Å². The van der Waals surface area contributed by atoms with E-state index in [1.54, 1.807) is 21.0 Å². The highest BCUT2D eigenvalue weighted by Crippen LogP contribution is 2.43. The van der Waals surface area contributed by atoms with Crippen molar-refractivity contribution in [2.24, 2.45) is 17.1 Å². The number of nitroso groups, excluding NO2 is 1. The number of rotatable bonds is 8. The second-order valence-corrected chi connectivity index (χ2v) is 8.88. The van der Waals surface area contributed by atoms with Gasteiger partial charge in [0.15, 0.2) is 0 Å². The van der Waals surface area contributed by atoms with Gasteiger partial charge in [-0.2, -0.15) is 0 Å². The Morgan fingerprint density at radius 3 is 2.38 bits per heavy atom. The first-order valence-electron chi connectivity index (χ1n) is 9.12. The molecule has 0 aromatic rings. The topological polar surface area (TPSA) is 160 Å². The third kappa shape index (κ3) is 4.64. The van der Waals surface area contributed by atoms with Crippen LogP contribution in [0.4, 0.5) is 0 Å². The van der Waals surface area contributed by atoms with Crippen LogP contribution >= 0.6 is 11.8 Å². The normalized spacial score (nSPS) is 28.7. The Kier molecular flexibility index (Phi) is 7.11. The van der Waals surface area contributed by atoms with Crippen molar-refractivity contribution in [2.45, 2.75) is 43.7 Å². The quantitative estimate of drug-likeness (QED) is 0.383. The lowest BCUT2D eigenvalue weighted by Gasteiger charge is -2.27. The molecule has 1 saturated heterocycles. The fourth-order valence-electron chi connectivity index (χ4n) is 3.81. The van der Waals surface area contributed by atoms with Gasteiger partial charge >= 0.3 is 11.9 Å². The monoisotopic (exact) mass is 430 g/mol. The van der Waals surface area contributed by atoms with Crippen LogP contribution in [-0.2, 0) is 14.4 Å². The molecule has 162 valence electrons. The summed E-state index contributed by atoms with van der Waals surface area (Å²) in [7, 11) is 3.15. The van der Waals surface area contributed by atoms with E-state index in [1.807, 2.05) is 0 Å². The number of carboxylic acids is 2. The molecule has 1 amide bonds. The van der Waals surface area contributed by atoms with Crippen LogP contribution in [0.15, 0.2) is 15.9 Å². The van der Waals surface area contributed by atoms with E-state index in [0.717, 1.165) is 5.01 Å². The molecule has 0 radical (unpaired) electrons. The second kappa shape index (κ2) is 8.99. The molecule has 4 N–H and O–H groups in total. The molecular weight excluding hydrogens is 404 g/mol. The van der Waals surface area contributed by atoms with E-state index in [-0.39, 0.29) is 23.4 Å². The molecule has 0 spiro atoms. The van der Waals surface area contributed by atoms with Crippen molar-refractivity contribution in [1.82, 2.24) is 15.2 Å². The molecule has 6 atom stereocenters. The van der Waals surface area contributed by atoms with Gasteiger partial charge in [0, 0.05) is 36.2 Å². The summed E-state index contributed by atoms with van der Waals surface area (Å²) in [5.41, 5.74) is -0.118. The van der Waals surface area contributed by atoms with E-state index < -0.39 is 42.0 Å². The van der Waals surface area contributed by atoms with Crippen molar-refractivity contribution in [3.05, 3.63) is 15.5 Å². The molecule has 11 nitrogen and oxygen atoms in total. The highest BCUT2D eigenvalue weighted by atomic mass is 32.2. The third-order valence-electron chi connectivity index (χ3n) is 5.28. The van der Waals surface area contributed by atoms with Crippen LogP contribution in [-0.4, -0.2) is 87.2 Å². The molecule has 1 fully saturated rings. The molecule has 2 rings (SSSR count). The maximum Gasteiger partial charge on any atom is 0.352 e. The Hall–Kier alpha value is -2.34. The van der Waals surface area contributed by atoms with Crippen LogP contribution in [0.5, 0.6) is 0 Å². The minimum Gasteiger partial charge on any atom is -0.481 e. The molecule has 0 aromatic heterocycles. The van der Waals surface area contributed by atoms with Gasteiger partial charge in [0.1, 0.15) is 17.7 Å². The van der Waals surface area contributed by atoms with Gasteiger partial charge in [0.05, 0.1) is 17.9 Å². The summed E-state index contributed by atoms with van der Waals surface area (Å²) < 4.78 is 0. The van der Waals surface area contributed by atoms with Crippen LogP contribution in [0, 0.1) is 16.7 Å². The van der Waals surface area contributed by atoms with E-state index in [1.165, 1.54) is 23.6 Å². The smallest absolute Gasteiger partial charge is 0.352 e. The lowest BCUT2D eigenvalue weighted by atomic mass is 9.87. The Morgan fingerprint density at radius 1 is 1.31 bits per heavy atom. The lowest BCUT2D eigenvalue weighted by molar-refractivity contribution is -0.147. The molecule has 2 aliphatic rings. The summed E-state index contributed by atoms with van der Waals surface area (Å²) >= 11 is 1.21. The summed E-state index contributed by atoms with van der Waals surface area (Å²) in [4.78, 5) is 48.6. The Morgan fingerprint density at radius 2 is 1.93 bits per heavy atom. The summed E-state index contributed by atoms with van der Waals surface area (Å²) in [5, 5.41) is 35.5. The van der Waals surface area contributed by atoms with Crippen molar-refractivity contribution in [3.8, 4) is 0 Å². The number of carboxylic acid groups (broad SMARTS) is 2. The maximum atomic E-state index is 12.3. The van der Waals surface area contributed by atoms with Gasteiger partial charge in [-0.1, -0.05) is 6.92 Å². The molecule has 12 heteroatoms. The summed E-state index contributed by atoms with van der Waals surface area (Å²) in [6, 6.07) is -1.53. The lowest BCUT2D eigenvalue weighted by Crippen LogP contribution is -2.45. The van der Waals surface area contributed by atoms with E-state index in [9.17, 15) is 34.6 Å². The molecule has 0 aliphatic carbocycles. The molecular formula is C17H26N4O7S.